The molecular weight excluding hydrogens is 246 g/mol. The quantitative estimate of drug-likeness (QED) is 0.600. The fourth-order valence-corrected chi connectivity index (χ4v) is 2.45. The molecule has 1 aromatic carbocycles. The van der Waals surface area contributed by atoms with Crippen LogP contribution in [0.3, 0.4) is 0 Å². The van der Waals surface area contributed by atoms with Crippen LogP contribution in [0.25, 0.3) is 0 Å². The van der Waals surface area contributed by atoms with E-state index in [1.807, 2.05) is 30.3 Å². The maximum Gasteiger partial charge on any atom is 0.334 e. The van der Waals surface area contributed by atoms with Gasteiger partial charge in [0.1, 0.15) is 0 Å². The number of β-lactam (4-membered cyclic amide) rings is 1. The Morgan fingerprint density at radius 3 is 2.47 bits per heavy atom. The predicted molar refractivity (Wildman–Crippen MR) is 68.2 cm³/mol. The number of ether oxygens (including phenoxy) is 2. The molecule has 5 heteroatoms. The molecule has 0 aromatic heterocycles. The summed E-state index contributed by atoms with van der Waals surface area (Å²) in [7, 11) is 2.73. The lowest BCUT2D eigenvalue weighted by molar-refractivity contribution is -0.203. The Morgan fingerprint density at radius 2 is 1.95 bits per heavy atom. The normalized spacial score (nSPS) is 25.9. The second kappa shape index (κ2) is 5.01. The number of hydrogen-bond acceptors (Lipinski definition) is 4. The standard InChI is InChI=1S/C14H17NO4/c1-14(13(17)19-3)11(18-2)12(16)15(14)9-10-7-5-4-6-8-10/h4-8,11H,9H2,1-3H3/t11-,14+/m0/s1. The zero-order valence-electron chi connectivity index (χ0n) is 11.3. The smallest absolute Gasteiger partial charge is 0.334 e. The highest BCUT2D eigenvalue weighted by molar-refractivity contribution is 6.02. The van der Waals surface area contributed by atoms with E-state index < -0.39 is 17.6 Å². The number of likely N-dealkylation sites (tertiary alicyclic amines) is 1. The summed E-state index contributed by atoms with van der Waals surface area (Å²) in [5.74, 6) is -0.658. The van der Waals surface area contributed by atoms with E-state index in [1.165, 1.54) is 19.1 Å². The number of esters is 1. The lowest BCUT2D eigenvalue weighted by atomic mass is 9.81. The summed E-state index contributed by atoms with van der Waals surface area (Å²) in [6, 6.07) is 9.50. The molecule has 0 spiro atoms. The highest BCUT2D eigenvalue weighted by Crippen LogP contribution is 2.36. The molecule has 2 rings (SSSR count). The minimum absolute atomic E-state index is 0.195. The van der Waals surface area contributed by atoms with Gasteiger partial charge in [-0.25, -0.2) is 4.79 Å². The first-order valence-corrected chi connectivity index (χ1v) is 6.02. The first kappa shape index (κ1) is 13.5. The third kappa shape index (κ3) is 2.00. The summed E-state index contributed by atoms with van der Waals surface area (Å²) < 4.78 is 9.91. The molecule has 1 heterocycles. The van der Waals surface area contributed by atoms with Crippen LogP contribution in [0.15, 0.2) is 30.3 Å². The van der Waals surface area contributed by atoms with Gasteiger partial charge in [-0.2, -0.15) is 0 Å². The van der Waals surface area contributed by atoms with Crippen molar-refractivity contribution in [1.82, 2.24) is 4.90 Å². The minimum Gasteiger partial charge on any atom is -0.467 e. The average Bonchev–Trinajstić information content (AvgIpc) is 2.45. The molecule has 1 amide bonds. The highest BCUT2D eigenvalue weighted by atomic mass is 16.5. The number of carbonyl (C=O) groups is 2. The molecule has 5 nitrogen and oxygen atoms in total. The monoisotopic (exact) mass is 263 g/mol. The minimum atomic E-state index is -1.06. The second-order valence-corrected chi connectivity index (χ2v) is 4.66. The molecule has 1 aliphatic heterocycles. The number of methoxy groups -OCH3 is 2. The van der Waals surface area contributed by atoms with Crippen molar-refractivity contribution >= 4 is 11.9 Å². The van der Waals surface area contributed by atoms with Gasteiger partial charge in [-0.3, -0.25) is 4.79 Å². The van der Waals surface area contributed by atoms with E-state index in [0.717, 1.165) is 5.56 Å². The van der Waals surface area contributed by atoms with Crippen molar-refractivity contribution in [3.8, 4) is 0 Å². The van der Waals surface area contributed by atoms with Crippen molar-refractivity contribution in [2.45, 2.75) is 25.1 Å². The summed E-state index contributed by atoms with van der Waals surface area (Å²) in [4.78, 5) is 25.4. The van der Waals surface area contributed by atoms with Crippen LogP contribution in [-0.2, 0) is 25.6 Å². The molecule has 2 atom stereocenters. The van der Waals surface area contributed by atoms with Crippen LogP contribution in [-0.4, -0.2) is 42.6 Å². The number of benzene rings is 1. The van der Waals surface area contributed by atoms with Crippen molar-refractivity contribution < 1.29 is 19.1 Å². The van der Waals surface area contributed by atoms with E-state index in [2.05, 4.69) is 0 Å². The third-order valence-corrected chi connectivity index (χ3v) is 3.58. The molecular formula is C14H17NO4. The topological polar surface area (TPSA) is 55.8 Å². The van der Waals surface area contributed by atoms with Gasteiger partial charge in [0.2, 0.25) is 0 Å². The molecule has 1 saturated heterocycles. The van der Waals surface area contributed by atoms with Crippen molar-refractivity contribution in [2.75, 3.05) is 14.2 Å². The molecule has 0 radical (unpaired) electrons. The Labute approximate surface area is 112 Å². The Kier molecular flexibility index (Phi) is 3.57. The summed E-state index contributed by atoms with van der Waals surface area (Å²) in [6.07, 6.45) is -0.774. The van der Waals surface area contributed by atoms with Crippen molar-refractivity contribution in [3.05, 3.63) is 35.9 Å². The van der Waals surface area contributed by atoms with E-state index in [0.29, 0.717) is 6.54 Å². The van der Waals surface area contributed by atoms with Gasteiger partial charge in [0, 0.05) is 13.7 Å². The molecule has 0 aliphatic carbocycles. The van der Waals surface area contributed by atoms with Crippen LogP contribution < -0.4 is 0 Å². The first-order chi connectivity index (χ1) is 9.05. The summed E-state index contributed by atoms with van der Waals surface area (Å²) >= 11 is 0. The molecule has 0 unspecified atom stereocenters. The molecule has 0 N–H and O–H groups in total. The van der Waals surface area contributed by atoms with Gasteiger partial charge >= 0.3 is 5.97 Å². The van der Waals surface area contributed by atoms with E-state index in [9.17, 15) is 9.59 Å². The van der Waals surface area contributed by atoms with Gasteiger partial charge in [-0.1, -0.05) is 30.3 Å². The Hall–Kier alpha value is -1.88. The zero-order valence-corrected chi connectivity index (χ0v) is 11.3. The molecule has 1 aliphatic rings. The van der Waals surface area contributed by atoms with Crippen LogP contribution in [0.1, 0.15) is 12.5 Å². The molecule has 1 aromatic rings. The summed E-state index contributed by atoms with van der Waals surface area (Å²) in [5.41, 5.74) is -0.100. The number of amides is 1. The fraction of sp³-hybridized carbons (Fsp3) is 0.429. The molecule has 1 fully saturated rings. The number of rotatable bonds is 4. The third-order valence-electron chi connectivity index (χ3n) is 3.58. The second-order valence-electron chi connectivity index (χ2n) is 4.66. The predicted octanol–water partition coefficient (Wildman–Crippen LogP) is 0.975. The van der Waals surface area contributed by atoms with E-state index >= 15 is 0 Å². The van der Waals surface area contributed by atoms with Gasteiger partial charge in [-0.05, 0) is 12.5 Å². The van der Waals surface area contributed by atoms with E-state index in [4.69, 9.17) is 9.47 Å². The van der Waals surface area contributed by atoms with Crippen LogP contribution in [0.5, 0.6) is 0 Å². The van der Waals surface area contributed by atoms with Crippen molar-refractivity contribution in [1.29, 1.82) is 0 Å². The van der Waals surface area contributed by atoms with Crippen molar-refractivity contribution in [3.63, 3.8) is 0 Å². The van der Waals surface area contributed by atoms with Crippen LogP contribution in [0, 0.1) is 0 Å². The van der Waals surface area contributed by atoms with Gasteiger partial charge in [0.05, 0.1) is 7.11 Å². The Morgan fingerprint density at radius 1 is 1.32 bits per heavy atom. The zero-order chi connectivity index (χ0) is 14.0. The largest absolute Gasteiger partial charge is 0.467 e. The number of hydrogen-bond donors (Lipinski definition) is 0. The molecule has 19 heavy (non-hydrogen) atoms. The number of carbonyl (C=O) groups excluding carboxylic acids is 2. The lowest BCUT2D eigenvalue weighted by Gasteiger charge is -2.52. The average molecular weight is 263 g/mol. The maximum absolute atomic E-state index is 12.0. The SMILES string of the molecule is COC(=O)[C@@]1(C)[C@@H](OC)C(=O)N1Cc1ccccc1. The number of nitrogens with zero attached hydrogens (tertiary/aromatic N) is 1. The Bertz CT molecular complexity index is 487. The fourth-order valence-electron chi connectivity index (χ4n) is 2.45. The molecule has 102 valence electrons. The van der Waals surface area contributed by atoms with Crippen LogP contribution in [0.2, 0.25) is 0 Å². The van der Waals surface area contributed by atoms with Crippen LogP contribution in [0.4, 0.5) is 0 Å². The van der Waals surface area contributed by atoms with Gasteiger partial charge in [-0.15, -0.1) is 0 Å². The van der Waals surface area contributed by atoms with Crippen molar-refractivity contribution in [2.24, 2.45) is 0 Å². The summed E-state index contributed by atoms with van der Waals surface area (Å²) in [6.45, 7) is 2.03. The molecule has 0 bridgehead atoms. The van der Waals surface area contributed by atoms with Gasteiger partial charge < -0.3 is 14.4 Å². The van der Waals surface area contributed by atoms with Gasteiger partial charge in [0.25, 0.3) is 5.91 Å². The van der Waals surface area contributed by atoms with Gasteiger partial charge in [0.15, 0.2) is 11.6 Å². The van der Waals surface area contributed by atoms with Crippen LogP contribution >= 0.6 is 0 Å². The Balaban J connectivity index is 2.24. The maximum atomic E-state index is 12.0. The first-order valence-electron chi connectivity index (χ1n) is 6.02. The van der Waals surface area contributed by atoms with E-state index in [1.54, 1.807) is 6.92 Å². The molecule has 0 saturated carbocycles. The van der Waals surface area contributed by atoms with E-state index in [-0.39, 0.29) is 5.91 Å². The highest BCUT2D eigenvalue weighted by Gasteiger charge is 2.63. The lowest BCUT2D eigenvalue weighted by Crippen LogP contribution is -2.76. The summed E-state index contributed by atoms with van der Waals surface area (Å²) in [5, 5.41) is 0.